The molecule has 1 fully saturated rings. The van der Waals surface area contributed by atoms with Gasteiger partial charge in [0.05, 0.1) is 11.9 Å². The number of rotatable bonds is 20. The van der Waals surface area contributed by atoms with Crippen molar-refractivity contribution in [2.45, 2.75) is 131 Å². The van der Waals surface area contributed by atoms with Crippen molar-refractivity contribution in [1.29, 1.82) is 0 Å². The van der Waals surface area contributed by atoms with Gasteiger partial charge in [-0.2, -0.15) is 0 Å². The number of aryl methyl sites for hydroxylation is 1. The van der Waals surface area contributed by atoms with E-state index in [2.05, 4.69) is 58.1 Å². The van der Waals surface area contributed by atoms with Crippen molar-refractivity contribution in [3.8, 4) is 0 Å². The summed E-state index contributed by atoms with van der Waals surface area (Å²) in [5.74, 6) is 1.94. The molecule has 3 unspecified atom stereocenters. The maximum absolute atomic E-state index is 13.1. The van der Waals surface area contributed by atoms with Gasteiger partial charge in [-0.1, -0.05) is 96.7 Å². The molecule has 1 aromatic rings. The molecule has 1 saturated carbocycles. The minimum atomic E-state index is -0.224. The van der Waals surface area contributed by atoms with Crippen molar-refractivity contribution >= 4 is 23.6 Å². The molecule has 0 aromatic heterocycles. The van der Waals surface area contributed by atoms with Crippen molar-refractivity contribution in [3.63, 3.8) is 0 Å². The van der Waals surface area contributed by atoms with Crippen LogP contribution < -0.4 is 5.32 Å². The number of hydrogen-bond acceptors (Lipinski definition) is 4. The van der Waals surface area contributed by atoms with Gasteiger partial charge in [-0.15, -0.1) is 0 Å². The van der Waals surface area contributed by atoms with Crippen LogP contribution in [0.2, 0.25) is 0 Å². The first-order chi connectivity index (χ1) is 20.5. The summed E-state index contributed by atoms with van der Waals surface area (Å²) in [5, 5.41) is 3.98. The lowest BCUT2D eigenvalue weighted by atomic mass is 9.82. The number of nitrogens with one attached hydrogen (secondary N) is 1. The zero-order valence-electron chi connectivity index (χ0n) is 28.3. The maximum atomic E-state index is 13.1. The third kappa shape index (κ3) is 14.2. The Morgan fingerprint density at radius 2 is 1.72 bits per heavy atom. The van der Waals surface area contributed by atoms with E-state index < -0.39 is 0 Å². The van der Waals surface area contributed by atoms with Gasteiger partial charge in [-0.3, -0.25) is 14.6 Å². The van der Waals surface area contributed by atoms with Gasteiger partial charge in [-0.05, 0) is 87.3 Å². The van der Waals surface area contributed by atoms with Gasteiger partial charge in [0.25, 0.3) is 0 Å². The molecule has 43 heavy (non-hydrogen) atoms. The number of carbonyl (C=O) groups is 2. The van der Waals surface area contributed by atoms with Crippen LogP contribution in [0.25, 0.3) is 0 Å². The van der Waals surface area contributed by atoms with Crippen LogP contribution in [0.5, 0.6) is 0 Å². The molecule has 5 heteroatoms. The number of amides is 1. The Hall–Kier alpha value is -2.53. The molecule has 0 radical (unpaired) electrons. The number of allylic oxidation sites excluding steroid dienone is 1. The first kappa shape index (κ1) is 36.7. The van der Waals surface area contributed by atoms with Crippen LogP contribution in [0.15, 0.2) is 53.6 Å². The first-order valence-electron chi connectivity index (χ1n) is 17.0. The third-order valence-corrected chi connectivity index (χ3v) is 9.02. The van der Waals surface area contributed by atoms with Crippen LogP contribution in [0.4, 0.5) is 5.69 Å². The quantitative estimate of drug-likeness (QED) is 0.0934. The normalized spacial score (nSPS) is 16.3. The standard InChI is InChI=1S/C38H61N3O2/c1-9-22-41(38(43)20-19-32(7)37(42)27-39-35-18-14-13-15-31(35)6)23-21-29(4)24-30(5)25-33(8)40-36(28(2)3)26-34-16-11-10-12-17-34/h13-15,18,27-28,30,33-34,36,40H,4,7,9-12,16-17,19-26H2,1-3,5-6,8H3. The second kappa shape index (κ2) is 19.7. The number of Topliss-reactive ketones (excluding diaryl/α,β-unsaturated/α-hetero) is 1. The molecule has 0 heterocycles. The highest BCUT2D eigenvalue weighted by Gasteiger charge is 2.23. The highest BCUT2D eigenvalue weighted by Crippen LogP contribution is 2.29. The number of carbonyl (C=O) groups excluding carboxylic acids is 2. The van der Waals surface area contributed by atoms with Gasteiger partial charge in [0.2, 0.25) is 5.91 Å². The molecule has 0 bridgehead atoms. The Balaban J connectivity index is 1.75. The average Bonchev–Trinajstić information content (AvgIpc) is 2.97. The number of nitrogens with zero attached hydrogens (tertiary/aromatic N) is 2. The van der Waals surface area contributed by atoms with Crippen molar-refractivity contribution in [1.82, 2.24) is 10.2 Å². The van der Waals surface area contributed by atoms with Gasteiger partial charge < -0.3 is 10.2 Å². The molecular formula is C38H61N3O2. The summed E-state index contributed by atoms with van der Waals surface area (Å²) in [6.07, 6.45) is 14.1. The predicted octanol–water partition coefficient (Wildman–Crippen LogP) is 9.18. The van der Waals surface area contributed by atoms with Crippen LogP contribution in [-0.2, 0) is 9.59 Å². The Morgan fingerprint density at radius 1 is 1.02 bits per heavy atom. The smallest absolute Gasteiger partial charge is 0.222 e. The van der Waals surface area contributed by atoms with Crippen molar-refractivity contribution in [3.05, 3.63) is 54.1 Å². The van der Waals surface area contributed by atoms with E-state index >= 15 is 0 Å². The van der Waals surface area contributed by atoms with E-state index in [1.807, 2.05) is 36.1 Å². The van der Waals surface area contributed by atoms with Crippen molar-refractivity contribution < 1.29 is 9.59 Å². The fourth-order valence-electron chi connectivity index (χ4n) is 6.42. The van der Waals surface area contributed by atoms with Gasteiger partial charge in [0.1, 0.15) is 0 Å². The van der Waals surface area contributed by atoms with E-state index in [-0.39, 0.29) is 18.1 Å². The highest BCUT2D eigenvalue weighted by atomic mass is 16.2. The molecule has 1 aromatic carbocycles. The largest absolute Gasteiger partial charge is 0.342 e. The fraction of sp³-hybridized carbons (Fsp3) is 0.658. The molecule has 3 atom stereocenters. The average molecular weight is 592 g/mol. The lowest BCUT2D eigenvalue weighted by Gasteiger charge is -2.32. The van der Waals surface area contributed by atoms with Crippen molar-refractivity contribution in [2.24, 2.45) is 22.7 Å². The van der Waals surface area contributed by atoms with E-state index in [9.17, 15) is 9.59 Å². The first-order valence-corrected chi connectivity index (χ1v) is 17.0. The zero-order chi connectivity index (χ0) is 31.8. The summed E-state index contributed by atoms with van der Waals surface area (Å²) in [4.78, 5) is 31.8. The van der Waals surface area contributed by atoms with E-state index in [0.29, 0.717) is 42.5 Å². The molecule has 5 nitrogen and oxygen atoms in total. The summed E-state index contributed by atoms with van der Waals surface area (Å²) >= 11 is 0. The minimum absolute atomic E-state index is 0.0722. The molecular weight excluding hydrogens is 530 g/mol. The minimum Gasteiger partial charge on any atom is -0.342 e. The van der Waals surface area contributed by atoms with Crippen LogP contribution in [-0.4, -0.2) is 48.0 Å². The maximum Gasteiger partial charge on any atom is 0.222 e. The third-order valence-electron chi connectivity index (χ3n) is 9.02. The predicted molar refractivity (Wildman–Crippen MR) is 184 cm³/mol. The summed E-state index contributed by atoms with van der Waals surface area (Å²) in [5.41, 5.74) is 3.41. The van der Waals surface area contributed by atoms with Gasteiger partial charge in [0.15, 0.2) is 5.78 Å². The number of hydrogen-bond donors (Lipinski definition) is 1. The Labute approximate surface area is 263 Å². The van der Waals surface area contributed by atoms with Gasteiger partial charge in [-0.25, -0.2) is 0 Å². The summed E-state index contributed by atoms with van der Waals surface area (Å²) < 4.78 is 0. The number of ketones is 1. The SMILES string of the molecule is C=C(CCN(CCC)C(=O)CCC(=C)C(=O)C=Nc1ccccc1C)CC(C)CC(C)NC(CC1CCCCC1)C(C)C. The topological polar surface area (TPSA) is 61.8 Å². The second-order valence-electron chi connectivity index (χ2n) is 13.6. The Morgan fingerprint density at radius 3 is 2.37 bits per heavy atom. The van der Waals surface area contributed by atoms with Crippen molar-refractivity contribution in [2.75, 3.05) is 13.1 Å². The molecule has 0 saturated heterocycles. The zero-order valence-corrected chi connectivity index (χ0v) is 28.3. The lowest BCUT2D eigenvalue weighted by molar-refractivity contribution is -0.131. The summed E-state index contributed by atoms with van der Waals surface area (Å²) in [6, 6.07) is 8.75. The summed E-state index contributed by atoms with van der Waals surface area (Å²) in [6.45, 7) is 23.1. The van der Waals surface area contributed by atoms with Crippen LogP contribution >= 0.6 is 0 Å². The highest BCUT2D eigenvalue weighted by molar-refractivity contribution is 6.35. The molecule has 1 amide bonds. The van der Waals surface area contributed by atoms with Crippen LogP contribution in [0.3, 0.4) is 0 Å². The van der Waals surface area contributed by atoms with E-state index in [0.717, 1.165) is 49.4 Å². The number of aliphatic imine (C=N–C) groups is 1. The summed E-state index contributed by atoms with van der Waals surface area (Å²) in [7, 11) is 0. The molecule has 1 aliphatic rings. The molecule has 0 aliphatic heterocycles. The van der Waals surface area contributed by atoms with Gasteiger partial charge >= 0.3 is 0 Å². The second-order valence-corrected chi connectivity index (χ2v) is 13.6. The van der Waals surface area contributed by atoms with Gasteiger partial charge in [0, 0.05) is 31.6 Å². The monoisotopic (exact) mass is 591 g/mol. The molecule has 2 rings (SSSR count). The number of benzene rings is 1. The molecule has 1 N–H and O–H groups in total. The fourth-order valence-corrected chi connectivity index (χ4v) is 6.42. The van der Waals surface area contributed by atoms with Crippen LogP contribution in [0.1, 0.15) is 117 Å². The Bertz CT molecular complexity index is 1050. The number of para-hydroxylation sites is 1. The molecule has 240 valence electrons. The van der Waals surface area contributed by atoms with E-state index in [4.69, 9.17) is 0 Å². The van der Waals surface area contributed by atoms with E-state index in [1.54, 1.807) is 0 Å². The Kier molecular flexibility index (Phi) is 16.8. The van der Waals surface area contributed by atoms with Crippen LogP contribution in [0, 0.1) is 24.7 Å². The molecule has 1 aliphatic carbocycles. The molecule has 0 spiro atoms. The van der Waals surface area contributed by atoms with E-state index in [1.165, 1.54) is 50.3 Å². The lowest BCUT2D eigenvalue weighted by Crippen LogP contribution is -2.42.